The van der Waals surface area contributed by atoms with Gasteiger partial charge in [0, 0.05) is 53.6 Å². The average molecular weight is 739 g/mol. The van der Waals surface area contributed by atoms with Crippen LogP contribution < -0.4 is 0 Å². The van der Waals surface area contributed by atoms with Crippen molar-refractivity contribution in [2.45, 2.75) is 37.5 Å². The van der Waals surface area contributed by atoms with Crippen LogP contribution in [0.3, 0.4) is 0 Å². The van der Waals surface area contributed by atoms with Gasteiger partial charge in [0.05, 0.1) is 16.7 Å². The summed E-state index contributed by atoms with van der Waals surface area (Å²) >= 11 is 1.94. The van der Waals surface area contributed by atoms with Crippen LogP contribution in [0.5, 0.6) is 0 Å². The minimum atomic E-state index is 0.225. The number of benzene rings is 7. The molecule has 0 amide bonds. The lowest BCUT2D eigenvalue weighted by molar-refractivity contribution is 0.384. The average Bonchev–Trinajstić information content (AvgIpc) is 3.83. The topological polar surface area (TPSA) is 43.6 Å². The van der Waals surface area contributed by atoms with E-state index in [4.69, 9.17) is 15.0 Å². The summed E-state index contributed by atoms with van der Waals surface area (Å²) in [7, 11) is 0. The van der Waals surface area contributed by atoms with Gasteiger partial charge in [0.1, 0.15) is 5.82 Å². The van der Waals surface area contributed by atoms with Crippen LogP contribution in [0.2, 0.25) is 0 Å². The van der Waals surface area contributed by atoms with Crippen LogP contribution in [0.15, 0.2) is 170 Å². The van der Waals surface area contributed by atoms with E-state index in [1.165, 1.54) is 59.5 Å². The molecule has 0 spiro atoms. The summed E-state index contributed by atoms with van der Waals surface area (Å²) < 4.78 is 5.20. The second-order valence-corrected chi connectivity index (χ2v) is 16.1. The molecular weight excluding hydrogens is 701 g/mol. The van der Waals surface area contributed by atoms with Crippen LogP contribution in [-0.4, -0.2) is 19.5 Å². The van der Waals surface area contributed by atoms with Gasteiger partial charge in [0.25, 0.3) is 0 Å². The fraction of sp³-hybridized carbons (Fsp3) is 0.118. The molecule has 56 heavy (non-hydrogen) atoms. The van der Waals surface area contributed by atoms with Gasteiger partial charge in [-0.2, -0.15) is 0 Å². The number of hydrogen-bond acceptors (Lipinski definition) is 4. The molecule has 1 saturated carbocycles. The highest BCUT2D eigenvalue weighted by molar-refractivity contribution is 7.26. The molecule has 3 aromatic heterocycles. The summed E-state index contributed by atoms with van der Waals surface area (Å²) in [5.74, 6) is 3.00. The Hall–Kier alpha value is -6.43. The quantitative estimate of drug-likeness (QED) is 0.171. The molecule has 4 nitrogen and oxygen atoms in total. The standard InChI is InChI=1S/C51H38N4S/c1-3-15-33(16-4-1)38-30-29-37(32-46(38)55-44-26-10-7-21-40(44)41-22-8-11-27-45(41)55)51-53-49(34-17-5-2-6-18-34)52-50(54-51)36-20-13-19-35(31-36)39-24-14-25-43-42-23-9-12-28-47(42)56-48(39)43/h1-12,14-18,21-30,32,35-36H,13,19-20,31H2. The molecule has 10 aromatic rings. The molecule has 1 fully saturated rings. The first-order valence-corrected chi connectivity index (χ1v) is 20.5. The van der Waals surface area contributed by atoms with Crippen molar-refractivity contribution >= 4 is 53.3 Å². The molecule has 0 saturated heterocycles. The van der Waals surface area contributed by atoms with Gasteiger partial charge in [0.15, 0.2) is 11.6 Å². The van der Waals surface area contributed by atoms with Crippen LogP contribution >= 0.6 is 11.3 Å². The van der Waals surface area contributed by atoms with E-state index in [-0.39, 0.29) is 5.92 Å². The number of nitrogens with zero attached hydrogens (tertiary/aromatic N) is 4. The Kier molecular flexibility index (Phi) is 8.06. The third kappa shape index (κ3) is 5.61. The van der Waals surface area contributed by atoms with Gasteiger partial charge in [0.2, 0.25) is 0 Å². The third-order valence-electron chi connectivity index (χ3n) is 11.8. The molecule has 0 radical (unpaired) electrons. The number of thiophene rings is 1. The van der Waals surface area contributed by atoms with E-state index in [2.05, 4.69) is 168 Å². The summed E-state index contributed by atoms with van der Waals surface area (Å²) in [5, 5.41) is 5.20. The minimum Gasteiger partial charge on any atom is -0.309 e. The normalized spacial score (nSPS) is 15.9. The summed E-state index contributed by atoms with van der Waals surface area (Å²) in [6.07, 6.45) is 4.40. The summed E-state index contributed by atoms with van der Waals surface area (Å²) in [6, 6.07) is 61.0. The summed E-state index contributed by atoms with van der Waals surface area (Å²) in [5.41, 5.74) is 9.22. The van der Waals surface area contributed by atoms with Gasteiger partial charge < -0.3 is 4.57 Å². The van der Waals surface area contributed by atoms with Gasteiger partial charge in [-0.05, 0) is 60.6 Å². The zero-order valence-corrected chi connectivity index (χ0v) is 31.7. The molecule has 7 aromatic carbocycles. The lowest BCUT2D eigenvalue weighted by atomic mass is 9.77. The maximum absolute atomic E-state index is 5.40. The SMILES string of the molecule is c1ccc(-c2nc(-c3ccc(-c4ccccc4)c(-n4c5ccccc5c5ccccc54)c3)nc(C3CCCC(c4cccc5c4sc4ccccc45)C3)n2)cc1. The minimum absolute atomic E-state index is 0.225. The molecule has 0 N–H and O–H groups in total. The van der Waals surface area contributed by atoms with Crippen LogP contribution in [0.4, 0.5) is 0 Å². The Bertz CT molecular complexity index is 3000. The van der Waals surface area contributed by atoms with Crippen LogP contribution in [0.1, 0.15) is 48.9 Å². The van der Waals surface area contributed by atoms with Gasteiger partial charge in [-0.3, -0.25) is 0 Å². The summed E-state index contributed by atoms with van der Waals surface area (Å²) in [6.45, 7) is 0. The predicted molar refractivity (Wildman–Crippen MR) is 234 cm³/mol. The molecule has 1 aliphatic rings. The Morgan fingerprint density at radius 2 is 1.09 bits per heavy atom. The van der Waals surface area contributed by atoms with Crippen molar-refractivity contribution in [3.63, 3.8) is 0 Å². The number of hydrogen-bond donors (Lipinski definition) is 0. The molecule has 2 unspecified atom stereocenters. The van der Waals surface area contributed by atoms with Crippen molar-refractivity contribution in [1.82, 2.24) is 19.5 Å². The maximum Gasteiger partial charge on any atom is 0.163 e. The van der Waals surface area contributed by atoms with Gasteiger partial charge in [-0.25, -0.2) is 15.0 Å². The monoisotopic (exact) mass is 738 g/mol. The number of para-hydroxylation sites is 2. The highest BCUT2D eigenvalue weighted by Gasteiger charge is 2.29. The Balaban J connectivity index is 1.06. The first kappa shape index (κ1) is 33.0. The van der Waals surface area contributed by atoms with E-state index in [1.54, 1.807) is 0 Å². The van der Waals surface area contributed by atoms with Crippen molar-refractivity contribution in [3.8, 4) is 39.6 Å². The van der Waals surface area contributed by atoms with Crippen molar-refractivity contribution in [2.75, 3.05) is 0 Å². The molecule has 2 atom stereocenters. The molecule has 1 aliphatic carbocycles. The molecule has 3 heterocycles. The highest BCUT2D eigenvalue weighted by Crippen LogP contribution is 2.46. The van der Waals surface area contributed by atoms with Crippen molar-refractivity contribution < 1.29 is 0 Å². The second-order valence-electron chi connectivity index (χ2n) is 15.1. The Labute approximate surface area is 329 Å². The number of rotatable bonds is 6. The van der Waals surface area contributed by atoms with Gasteiger partial charge in [-0.15, -0.1) is 11.3 Å². The molecule has 0 aliphatic heterocycles. The second kappa shape index (κ2) is 13.7. The van der Waals surface area contributed by atoms with E-state index in [1.807, 2.05) is 17.4 Å². The van der Waals surface area contributed by atoms with Crippen LogP contribution in [0.25, 0.3) is 81.6 Å². The van der Waals surface area contributed by atoms with Crippen LogP contribution in [-0.2, 0) is 0 Å². The molecule has 268 valence electrons. The lowest BCUT2D eigenvalue weighted by Gasteiger charge is -2.29. The first-order chi connectivity index (χ1) is 27.8. The summed E-state index contributed by atoms with van der Waals surface area (Å²) in [4.78, 5) is 15.9. The van der Waals surface area contributed by atoms with Crippen molar-refractivity contribution in [1.29, 1.82) is 0 Å². The largest absolute Gasteiger partial charge is 0.309 e. The smallest absolute Gasteiger partial charge is 0.163 e. The zero-order valence-electron chi connectivity index (χ0n) is 30.8. The van der Waals surface area contributed by atoms with E-state index in [0.29, 0.717) is 11.7 Å². The van der Waals surface area contributed by atoms with Crippen LogP contribution in [0, 0.1) is 0 Å². The predicted octanol–water partition coefficient (Wildman–Crippen LogP) is 13.8. The number of fused-ring (bicyclic) bond motifs is 6. The molecule has 11 rings (SSSR count). The van der Waals surface area contributed by atoms with E-state index in [9.17, 15) is 0 Å². The van der Waals surface area contributed by atoms with E-state index in [0.717, 1.165) is 53.3 Å². The molecule has 5 heteroatoms. The number of aromatic nitrogens is 4. The van der Waals surface area contributed by atoms with Gasteiger partial charge >= 0.3 is 0 Å². The third-order valence-corrected chi connectivity index (χ3v) is 13.0. The fourth-order valence-corrected chi connectivity index (χ4v) is 10.4. The van der Waals surface area contributed by atoms with Crippen molar-refractivity contribution in [3.05, 3.63) is 181 Å². The fourth-order valence-electron chi connectivity index (χ4n) is 9.12. The first-order valence-electron chi connectivity index (χ1n) is 19.7. The Morgan fingerprint density at radius 3 is 1.84 bits per heavy atom. The van der Waals surface area contributed by atoms with E-state index < -0.39 is 0 Å². The molecular formula is C51H38N4S. The van der Waals surface area contributed by atoms with E-state index >= 15 is 0 Å². The van der Waals surface area contributed by atoms with Gasteiger partial charge in [-0.1, -0.05) is 152 Å². The lowest BCUT2D eigenvalue weighted by Crippen LogP contribution is -2.16. The zero-order chi connectivity index (χ0) is 37.0. The Morgan fingerprint density at radius 1 is 0.482 bits per heavy atom. The molecule has 0 bridgehead atoms. The highest BCUT2D eigenvalue weighted by atomic mass is 32.1. The van der Waals surface area contributed by atoms with Crippen molar-refractivity contribution in [2.24, 2.45) is 0 Å². The maximum atomic E-state index is 5.40.